The highest BCUT2D eigenvalue weighted by Gasteiger charge is 2.27. The zero-order valence-electron chi connectivity index (χ0n) is 18.5. The van der Waals surface area contributed by atoms with Crippen LogP contribution in [0.25, 0.3) is 0 Å². The molecule has 0 spiro atoms. The van der Waals surface area contributed by atoms with Crippen LogP contribution in [0.4, 0.5) is 5.69 Å². The molecule has 0 aromatic heterocycles. The van der Waals surface area contributed by atoms with Crippen molar-refractivity contribution in [3.63, 3.8) is 0 Å². The summed E-state index contributed by atoms with van der Waals surface area (Å²) in [6, 6.07) is 21.0. The number of rotatable bonds is 9. The SMILES string of the molecule is Cc1cccc(N(CC(=O)NCCOc2ccc(C)c(C)c2)S(=O)(=O)c2ccccc2)c1. The highest BCUT2D eigenvalue weighted by molar-refractivity contribution is 7.92. The highest BCUT2D eigenvalue weighted by Crippen LogP contribution is 2.24. The first-order valence-corrected chi connectivity index (χ1v) is 11.8. The summed E-state index contributed by atoms with van der Waals surface area (Å²) in [6.45, 7) is 6.13. The number of hydrogen-bond acceptors (Lipinski definition) is 4. The fourth-order valence-corrected chi connectivity index (χ4v) is 4.60. The lowest BCUT2D eigenvalue weighted by Gasteiger charge is -2.24. The number of nitrogens with one attached hydrogen (secondary N) is 1. The van der Waals surface area contributed by atoms with Gasteiger partial charge in [-0.05, 0) is 73.9 Å². The van der Waals surface area contributed by atoms with Gasteiger partial charge in [-0.1, -0.05) is 36.4 Å². The lowest BCUT2D eigenvalue weighted by Crippen LogP contribution is -2.42. The maximum atomic E-state index is 13.3. The Morgan fingerprint density at radius 1 is 0.906 bits per heavy atom. The Morgan fingerprint density at radius 3 is 2.34 bits per heavy atom. The van der Waals surface area contributed by atoms with Crippen LogP contribution in [-0.4, -0.2) is 34.0 Å². The number of carbonyl (C=O) groups is 1. The van der Waals surface area contributed by atoms with Gasteiger partial charge in [0.15, 0.2) is 0 Å². The van der Waals surface area contributed by atoms with Gasteiger partial charge in [0.2, 0.25) is 5.91 Å². The summed E-state index contributed by atoms with van der Waals surface area (Å²) < 4.78 is 33.4. The maximum absolute atomic E-state index is 13.3. The molecular weight excluding hydrogens is 424 g/mol. The molecule has 0 heterocycles. The van der Waals surface area contributed by atoms with Crippen LogP contribution in [0.15, 0.2) is 77.7 Å². The molecule has 0 radical (unpaired) electrons. The number of aryl methyl sites for hydroxylation is 3. The summed E-state index contributed by atoms with van der Waals surface area (Å²) in [5.74, 6) is 0.324. The van der Waals surface area contributed by atoms with E-state index in [0.29, 0.717) is 5.69 Å². The van der Waals surface area contributed by atoms with E-state index in [1.807, 2.05) is 45.0 Å². The molecule has 0 atom stereocenters. The molecule has 0 bridgehead atoms. The van der Waals surface area contributed by atoms with E-state index in [-0.39, 0.29) is 24.6 Å². The number of benzene rings is 3. The summed E-state index contributed by atoms with van der Waals surface area (Å²) >= 11 is 0. The van der Waals surface area contributed by atoms with Crippen LogP contribution in [0.1, 0.15) is 16.7 Å². The van der Waals surface area contributed by atoms with Gasteiger partial charge in [0.1, 0.15) is 18.9 Å². The van der Waals surface area contributed by atoms with Crippen molar-refractivity contribution in [2.45, 2.75) is 25.7 Å². The van der Waals surface area contributed by atoms with Crippen molar-refractivity contribution in [1.82, 2.24) is 5.32 Å². The van der Waals surface area contributed by atoms with Crippen molar-refractivity contribution in [1.29, 1.82) is 0 Å². The van der Waals surface area contributed by atoms with Crippen molar-refractivity contribution in [2.75, 3.05) is 24.0 Å². The van der Waals surface area contributed by atoms with Crippen molar-refractivity contribution in [3.8, 4) is 5.75 Å². The molecule has 6 nitrogen and oxygen atoms in total. The molecule has 0 aliphatic heterocycles. The van der Waals surface area contributed by atoms with Crippen LogP contribution >= 0.6 is 0 Å². The van der Waals surface area contributed by atoms with Gasteiger partial charge in [-0.2, -0.15) is 0 Å². The molecule has 3 rings (SSSR count). The number of ether oxygens (including phenoxy) is 1. The third-order valence-electron chi connectivity index (χ3n) is 5.08. The Labute approximate surface area is 189 Å². The van der Waals surface area contributed by atoms with Crippen LogP contribution in [0.2, 0.25) is 0 Å². The van der Waals surface area contributed by atoms with Crippen LogP contribution in [0.5, 0.6) is 5.75 Å². The topological polar surface area (TPSA) is 75.7 Å². The number of carbonyl (C=O) groups excluding carboxylic acids is 1. The van der Waals surface area contributed by atoms with Crippen LogP contribution in [-0.2, 0) is 14.8 Å². The third kappa shape index (κ3) is 5.88. The minimum atomic E-state index is -3.91. The molecule has 32 heavy (non-hydrogen) atoms. The lowest BCUT2D eigenvalue weighted by atomic mass is 10.1. The molecule has 0 fully saturated rings. The van der Waals surface area contributed by atoms with Crippen molar-refractivity contribution in [3.05, 3.63) is 89.5 Å². The normalized spacial score (nSPS) is 11.1. The van der Waals surface area contributed by atoms with E-state index in [9.17, 15) is 13.2 Å². The van der Waals surface area contributed by atoms with E-state index >= 15 is 0 Å². The second kappa shape index (κ2) is 10.3. The smallest absolute Gasteiger partial charge is 0.264 e. The molecule has 3 aromatic carbocycles. The van der Waals surface area contributed by atoms with Crippen LogP contribution in [0, 0.1) is 20.8 Å². The number of hydrogen-bond donors (Lipinski definition) is 1. The zero-order valence-corrected chi connectivity index (χ0v) is 19.4. The molecule has 0 unspecified atom stereocenters. The zero-order chi connectivity index (χ0) is 23.1. The summed E-state index contributed by atoms with van der Waals surface area (Å²) in [5.41, 5.74) is 3.65. The molecule has 0 aliphatic rings. The Bertz CT molecular complexity index is 1180. The molecule has 1 N–H and O–H groups in total. The molecule has 0 aliphatic carbocycles. The Hall–Kier alpha value is -3.32. The van der Waals surface area contributed by atoms with Crippen LogP contribution in [0.3, 0.4) is 0 Å². The van der Waals surface area contributed by atoms with Gasteiger partial charge in [0.05, 0.1) is 17.1 Å². The standard InChI is InChI=1S/C25H28N2O4S/c1-19-8-7-9-22(16-19)27(32(29,30)24-10-5-4-6-11-24)18-25(28)26-14-15-31-23-13-12-20(2)21(3)17-23/h4-13,16-17H,14-15,18H2,1-3H3,(H,26,28). The Balaban J connectivity index is 1.68. The number of amides is 1. The molecule has 1 amide bonds. The van der Waals surface area contributed by atoms with Crippen molar-refractivity contribution >= 4 is 21.6 Å². The monoisotopic (exact) mass is 452 g/mol. The van der Waals surface area contributed by atoms with E-state index in [2.05, 4.69) is 5.32 Å². The largest absolute Gasteiger partial charge is 0.492 e. The average Bonchev–Trinajstić information content (AvgIpc) is 2.78. The van der Waals surface area contributed by atoms with Gasteiger partial charge in [0, 0.05) is 0 Å². The number of sulfonamides is 1. The van der Waals surface area contributed by atoms with E-state index in [4.69, 9.17) is 4.74 Å². The fourth-order valence-electron chi connectivity index (χ4n) is 3.17. The first-order valence-electron chi connectivity index (χ1n) is 10.4. The van der Waals surface area contributed by atoms with E-state index in [0.717, 1.165) is 21.2 Å². The second-order valence-electron chi connectivity index (χ2n) is 7.61. The third-order valence-corrected chi connectivity index (χ3v) is 6.87. The van der Waals surface area contributed by atoms with Crippen molar-refractivity contribution < 1.29 is 17.9 Å². The summed E-state index contributed by atoms with van der Waals surface area (Å²) in [6.07, 6.45) is 0. The predicted octanol–water partition coefficient (Wildman–Crippen LogP) is 4.00. The minimum Gasteiger partial charge on any atom is -0.492 e. The number of anilines is 1. The highest BCUT2D eigenvalue weighted by atomic mass is 32.2. The van der Waals surface area contributed by atoms with E-state index in [1.54, 1.807) is 36.4 Å². The molecule has 7 heteroatoms. The van der Waals surface area contributed by atoms with Gasteiger partial charge in [0.25, 0.3) is 10.0 Å². The maximum Gasteiger partial charge on any atom is 0.264 e. The first-order chi connectivity index (χ1) is 15.3. The number of nitrogens with zero attached hydrogens (tertiary/aromatic N) is 1. The Morgan fingerprint density at radius 2 is 1.66 bits per heavy atom. The molecule has 168 valence electrons. The van der Waals surface area contributed by atoms with Gasteiger partial charge in [-0.15, -0.1) is 0 Å². The van der Waals surface area contributed by atoms with Gasteiger partial charge in [-0.3, -0.25) is 9.10 Å². The average molecular weight is 453 g/mol. The predicted molar refractivity (Wildman–Crippen MR) is 127 cm³/mol. The molecular formula is C25H28N2O4S. The van der Waals surface area contributed by atoms with Gasteiger partial charge < -0.3 is 10.1 Å². The lowest BCUT2D eigenvalue weighted by molar-refractivity contribution is -0.119. The van der Waals surface area contributed by atoms with E-state index in [1.165, 1.54) is 17.7 Å². The van der Waals surface area contributed by atoms with E-state index < -0.39 is 15.9 Å². The summed E-state index contributed by atoms with van der Waals surface area (Å²) in [5, 5.41) is 2.75. The van der Waals surface area contributed by atoms with Crippen molar-refractivity contribution in [2.24, 2.45) is 0 Å². The van der Waals surface area contributed by atoms with Gasteiger partial charge >= 0.3 is 0 Å². The van der Waals surface area contributed by atoms with Crippen LogP contribution < -0.4 is 14.4 Å². The minimum absolute atomic E-state index is 0.132. The first kappa shape index (κ1) is 23.3. The molecule has 0 saturated carbocycles. The summed E-state index contributed by atoms with van der Waals surface area (Å²) in [7, 11) is -3.91. The quantitative estimate of drug-likeness (QED) is 0.498. The fraction of sp³-hybridized carbons (Fsp3) is 0.240. The molecule has 0 saturated heterocycles. The second-order valence-corrected chi connectivity index (χ2v) is 9.47. The Kier molecular flexibility index (Phi) is 7.53. The van der Waals surface area contributed by atoms with Gasteiger partial charge in [-0.25, -0.2) is 8.42 Å². The molecule has 3 aromatic rings. The summed E-state index contributed by atoms with van der Waals surface area (Å²) in [4.78, 5) is 12.8.